The number of rotatable bonds is 5. The first-order chi connectivity index (χ1) is 15.5. The molecule has 0 aliphatic heterocycles. The molecule has 33 heavy (non-hydrogen) atoms. The van der Waals surface area contributed by atoms with Gasteiger partial charge in [0, 0.05) is 31.4 Å². The molecule has 1 amide bonds. The number of aliphatic hydroxyl groups excluding tert-OH is 1. The van der Waals surface area contributed by atoms with E-state index in [0.717, 1.165) is 44.1 Å². The van der Waals surface area contributed by atoms with Gasteiger partial charge in [0.25, 0.3) is 0 Å². The van der Waals surface area contributed by atoms with Gasteiger partial charge in [0.05, 0.1) is 6.10 Å². The lowest BCUT2D eigenvalue weighted by molar-refractivity contribution is -0.120. The van der Waals surface area contributed by atoms with E-state index in [2.05, 4.69) is 25.2 Å². The zero-order valence-electron chi connectivity index (χ0n) is 21.0. The van der Waals surface area contributed by atoms with E-state index in [9.17, 15) is 19.5 Å². The third-order valence-corrected chi connectivity index (χ3v) is 9.77. The smallest absolute Gasteiger partial charge is 0.217 e. The lowest BCUT2D eigenvalue weighted by atomic mass is 9.47. The Morgan fingerprint density at radius 3 is 2.52 bits per heavy atom. The van der Waals surface area contributed by atoms with Crippen LogP contribution in [0.15, 0.2) is 22.8 Å². The second-order valence-corrected chi connectivity index (χ2v) is 11.8. The van der Waals surface area contributed by atoms with Crippen LogP contribution in [0.3, 0.4) is 0 Å². The van der Waals surface area contributed by atoms with E-state index in [1.54, 1.807) is 0 Å². The Morgan fingerprint density at radius 2 is 1.82 bits per heavy atom. The largest absolute Gasteiger partial charge is 0.393 e. The molecule has 5 heteroatoms. The number of carbonyl (C=O) groups excluding carboxylic acids is 3. The maximum atomic E-state index is 13.3. The van der Waals surface area contributed by atoms with Gasteiger partial charge in [0.15, 0.2) is 11.6 Å². The molecule has 0 bridgehead atoms. The molecule has 0 heterocycles. The van der Waals surface area contributed by atoms with Crippen LogP contribution in [0.25, 0.3) is 0 Å². The summed E-state index contributed by atoms with van der Waals surface area (Å²) < 4.78 is 0. The van der Waals surface area contributed by atoms with E-state index in [-0.39, 0.29) is 40.4 Å². The van der Waals surface area contributed by atoms with Gasteiger partial charge in [-0.15, -0.1) is 0 Å². The first-order valence-corrected chi connectivity index (χ1v) is 12.9. The highest BCUT2D eigenvalue weighted by atomic mass is 16.3. The molecule has 0 aromatic rings. The van der Waals surface area contributed by atoms with Gasteiger partial charge in [-0.3, -0.25) is 14.4 Å². The molecule has 0 unspecified atom stereocenters. The number of carbonyl (C=O) groups is 3. The number of hydrogen-bond acceptors (Lipinski definition) is 4. The van der Waals surface area contributed by atoms with Crippen molar-refractivity contribution in [3.05, 3.63) is 22.8 Å². The van der Waals surface area contributed by atoms with E-state index in [4.69, 9.17) is 0 Å². The van der Waals surface area contributed by atoms with Gasteiger partial charge in [-0.25, -0.2) is 0 Å². The predicted octanol–water partition coefficient (Wildman–Crippen LogP) is 4.68. The molecule has 2 N–H and O–H groups in total. The summed E-state index contributed by atoms with van der Waals surface area (Å²) in [5.74, 6) is 1.44. The molecule has 0 aromatic carbocycles. The maximum absolute atomic E-state index is 13.3. The van der Waals surface area contributed by atoms with Crippen LogP contribution in [-0.2, 0) is 14.4 Å². The van der Waals surface area contributed by atoms with E-state index in [1.165, 1.54) is 12.5 Å². The van der Waals surface area contributed by atoms with E-state index in [1.807, 2.05) is 13.8 Å². The highest BCUT2D eigenvalue weighted by Gasteiger charge is 2.59. The topological polar surface area (TPSA) is 83.5 Å². The van der Waals surface area contributed by atoms with Crippen molar-refractivity contribution in [2.75, 3.05) is 0 Å². The van der Waals surface area contributed by atoms with Gasteiger partial charge in [-0.2, -0.15) is 0 Å². The SMILES string of the molecule is CC(=O)N[C@H](C)CCC(=O)/C(C)=C1\C(=O)C[C@H]2[C@@H]3CC=C4C[C@H](O)CC[C@]4(C)[C@H]3CC[C@]12C. The molecule has 0 radical (unpaired) electrons. The summed E-state index contributed by atoms with van der Waals surface area (Å²) in [6.45, 7) is 9.87. The minimum atomic E-state index is -0.225. The number of hydrogen-bond donors (Lipinski definition) is 2. The van der Waals surface area contributed by atoms with E-state index >= 15 is 0 Å². The average molecular weight is 456 g/mol. The van der Waals surface area contributed by atoms with E-state index in [0.29, 0.717) is 42.6 Å². The lowest BCUT2D eigenvalue weighted by Gasteiger charge is -2.57. The third-order valence-electron chi connectivity index (χ3n) is 9.77. The van der Waals surface area contributed by atoms with Crippen molar-refractivity contribution in [1.82, 2.24) is 5.32 Å². The van der Waals surface area contributed by atoms with Gasteiger partial charge < -0.3 is 10.4 Å². The molecule has 4 rings (SSSR count). The highest BCUT2D eigenvalue weighted by Crippen LogP contribution is 2.65. The van der Waals surface area contributed by atoms with Crippen molar-refractivity contribution in [3.8, 4) is 0 Å². The standard InChI is InChI=1S/C28H41NO4/c1-16(29-18(3)30)6-9-24(32)17(2)26-25(33)15-23-21-8-7-19-14-20(31)10-12-27(19,4)22(21)11-13-28(23,26)5/h7,16,20-23,31H,6,8-15H2,1-5H3,(H,29,30)/b26-17+/t16-,20-,21-,22+,23+,27+,28+/m1/s1. The Morgan fingerprint density at radius 1 is 1.12 bits per heavy atom. The van der Waals surface area contributed by atoms with Crippen LogP contribution >= 0.6 is 0 Å². The average Bonchev–Trinajstić information content (AvgIpc) is 3.01. The fourth-order valence-electron chi connectivity index (χ4n) is 8.00. The van der Waals surface area contributed by atoms with Crippen molar-refractivity contribution in [3.63, 3.8) is 0 Å². The third kappa shape index (κ3) is 4.15. The monoisotopic (exact) mass is 455 g/mol. The highest BCUT2D eigenvalue weighted by molar-refractivity contribution is 6.08. The molecule has 4 aliphatic rings. The minimum absolute atomic E-state index is 0.0404. The lowest BCUT2D eigenvalue weighted by Crippen LogP contribution is -2.49. The number of Topliss-reactive ketones (excluding diaryl/α,β-unsaturated/α-hetero) is 2. The van der Waals surface area contributed by atoms with Crippen LogP contribution in [0.1, 0.15) is 92.4 Å². The molecule has 182 valence electrons. The molecule has 3 fully saturated rings. The molecule has 0 saturated heterocycles. The Hall–Kier alpha value is -1.75. The molecule has 3 saturated carbocycles. The van der Waals surface area contributed by atoms with Gasteiger partial charge in [-0.05, 0) is 93.0 Å². The summed E-state index contributed by atoms with van der Waals surface area (Å²) in [6, 6.07) is -0.0553. The Bertz CT molecular complexity index is 917. The van der Waals surface area contributed by atoms with Crippen molar-refractivity contribution in [2.24, 2.45) is 28.6 Å². The van der Waals surface area contributed by atoms with Crippen LogP contribution in [0.5, 0.6) is 0 Å². The molecular formula is C28H41NO4. The summed E-state index contributed by atoms with van der Waals surface area (Å²) in [4.78, 5) is 37.7. The summed E-state index contributed by atoms with van der Waals surface area (Å²) in [5, 5.41) is 13.0. The predicted molar refractivity (Wildman–Crippen MR) is 128 cm³/mol. The quantitative estimate of drug-likeness (QED) is 0.466. The summed E-state index contributed by atoms with van der Waals surface area (Å²) >= 11 is 0. The molecular weight excluding hydrogens is 414 g/mol. The first-order valence-electron chi connectivity index (χ1n) is 12.9. The van der Waals surface area contributed by atoms with Crippen LogP contribution in [0.4, 0.5) is 0 Å². The minimum Gasteiger partial charge on any atom is -0.393 e. The number of allylic oxidation sites excluding steroid dienone is 3. The Balaban J connectivity index is 1.56. The van der Waals surface area contributed by atoms with E-state index < -0.39 is 0 Å². The Labute approximate surface area is 198 Å². The summed E-state index contributed by atoms with van der Waals surface area (Å²) in [6.07, 6.45) is 9.39. The van der Waals surface area contributed by atoms with Crippen LogP contribution in [0.2, 0.25) is 0 Å². The number of amides is 1. The zero-order valence-corrected chi connectivity index (χ0v) is 21.0. The van der Waals surface area contributed by atoms with Gasteiger partial charge >= 0.3 is 0 Å². The van der Waals surface area contributed by atoms with Gasteiger partial charge in [0.1, 0.15) is 0 Å². The van der Waals surface area contributed by atoms with Crippen molar-refractivity contribution < 1.29 is 19.5 Å². The summed E-state index contributed by atoms with van der Waals surface area (Å²) in [5.41, 5.74) is 2.80. The molecule has 0 aromatic heterocycles. The van der Waals surface area contributed by atoms with Gasteiger partial charge in [0.2, 0.25) is 5.91 Å². The van der Waals surface area contributed by atoms with Crippen LogP contribution in [-0.4, -0.2) is 34.7 Å². The van der Waals surface area contributed by atoms with Crippen LogP contribution in [0, 0.1) is 28.6 Å². The van der Waals surface area contributed by atoms with Crippen molar-refractivity contribution in [2.45, 2.75) is 105 Å². The van der Waals surface area contributed by atoms with Crippen molar-refractivity contribution in [1.29, 1.82) is 0 Å². The second kappa shape index (κ2) is 8.79. The number of nitrogens with one attached hydrogen (secondary N) is 1. The van der Waals surface area contributed by atoms with Crippen LogP contribution < -0.4 is 5.32 Å². The summed E-state index contributed by atoms with van der Waals surface area (Å²) in [7, 11) is 0. The normalized spacial score (nSPS) is 40.2. The number of fused-ring (bicyclic) bond motifs is 5. The number of aliphatic hydroxyl groups is 1. The fourth-order valence-corrected chi connectivity index (χ4v) is 8.00. The first kappa shape index (κ1) is 24.4. The zero-order chi connectivity index (χ0) is 24.1. The molecule has 0 spiro atoms. The molecule has 7 atom stereocenters. The maximum Gasteiger partial charge on any atom is 0.217 e. The second-order valence-electron chi connectivity index (χ2n) is 11.8. The molecule has 4 aliphatic carbocycles. The Kier molecular flexibility index (Phi) is 6.50. The van der Waals surface area contributed by atoms with Gasteiger partial charge in [-0.1, -0.05) is 25.5 Å². The molecule has 5 nitrogen and oxygen atoms in total. The van der Waals surface area contributed by atoms with Crippen molar-refractivity contribution >= 4 is 17.5 Å². The number of ketones is 2. The fraction of sp³-hybridized carbons (Fsp3) is 0.750.